The molecule has 0 N–H and O–H groups in total. The van der Waals surface area contributed by atoms with Crippen LogP contribution in [-0.2, 0) is 28.1 Å². The van der Waals surface area contributed by atoms with Crippen molar-refractivity contribution in [1.82, 2.24) is 0 Å². The summed E-state index contributed by atoms with van der Waals surface area (Å²) in [7, 11) is -12.2. The lowest BCUT2D eigenvalue weighted by molar-refractivity contribution is 0.533. The lowest BCUT2D eigenvalue weighted by atomic mass is 15.9. The van der Waals surface area contributed by atoms with Crippen molar-refractivity contribution in [3.8, 4) is 0 Å². The molecule has 0 heterocycles. The van der Waals surface area contributed by atoms with E-state index in [1.165, 1.54) is 0 Å². The van der Waals surface area contributed by atoms with Gasteiger partial charge in [0.1, 0.15) is 0 Å². The van der Waals surface area contributed by atoms with Crippen LogP contribution in [0.4, 0.5) is 0 Å². The Morgan fingerprint density at radius 2 is 1.22 bits per heavy atom. The third-order valence-electron chi connectivity index (χ3n) is 0.333. The first-order valence-electron chi connectivity index (χ1n) is 1.33. The molecular weight excluding hydrogens is 192 g/mol. The molecule has 0 aromatic rings. The van der Waals surface area contributed by atoms with Crippen molar-refractivity contribution in [3.63, 3.8) is 0 Å². The summed E-state index contributed by atoms with van der Waals surface area (Å²) in [6, 6.07) is 0. The molecule has 0 aliphatic rings. The first-order chi connectivity index (χ1) is 3.89. The second-order valence-electron chi connectivity index (χ2n) is 0.816. The van der Waals surface area contributed by atoms with Gasteiger partial charge in [-0.25, -0.2) is 8.42 Å². The SMILES string of the molecule is O=S([O-])S(=O)(=O)S(=O)[O-]. The Labute approximate surface area is 54.6 Å². The van der Waals surface area contributed by atoms with Crippen LogP contribution in [0.5, 0.6) is 0 Å². The normalized spacial score (nSPS) is 18.9. The van der Waals surface area contributed by atoms with E-state index < -0.39 is 28.1 Å². The zero-order chi connectivity index (χ0) is 7.65. The minimum Gasteiger partial charge on any atom is -0.759 e. The zero-order valence-corrected chi connectivity index (χ0v) is 6.12. The molecule has 0 fully saturated rings. The highest BCUT2D eigenvalue weighted by molar-refractivity contribution is 8.93. The van der Waals surface area contributed by atoms with Crippen molar-refractivity contribution in [2.75, 3.05) is 0 Å². The monoisotopic (exact) mass is 192 g/mol. The molecule has 9 heteroatoms. The van der Waals surface area contributed by atoms with Crippen molar-refractivity contribution in [2.45, 2.75) is 0 Å². The molecule has 2 unspecified atom stereocenters. The van der Waals surface area contributed by atoms with E-state index in [9.17, 15) is 25.9 Å². The van der Waals surface area contributed by atoms with Gasteiger partial charge in [-0.2, -0.15) is 0 Å². The number of rotatable bonds is 2. The highest BCUT2D eigenvalue weighted by Gasteiger charge is 2.10. The summed E-state index contributed by atoms with van der Waals surface area (Å²) in [6.45, 7) is 0. The highest BCUT2D eigenvalue weighted by Crippen LogP contribution is 1.96. The predicted octanol–water partition coefficient (Wildman–Crippen LogP) is -2.01. The van der Waals surface area contributed by atoms with Crippen molar-refractivity contribution in [1.29, 1.82) is 0 Å². The van der Waals surface area contributed by atoms with Gasteiger partial charge in [0.2, 0.25) is 0 Å². The van der Waals surface area contributed by atoms with E-state index in [0.717, 1.165) is 0 Å². The van der Waals surface area contributed by atoms with Gasteiger partial charge in [0.15, 0.2) is 0 Å². The van der Waals surface area contributed by atoms with Gasteiger partial charge in [-0.3, -0.25) is 8.42 Å². The molecule has 0 rings (SSSR count). The maximum atomic E-state index is 9.80. The van der Waals surface area contributed by atoms with Crippen LogP contribution in [-0.4, -0.2) is 25.9 Å². The second kappa shape index (κ2) is 2.84. The first-order valence-corrected chi connectivity index (χ1v) is 6.00. The van der Waals surface area contributed by atoms with E-state index in [4.69, 9.17) is 0 Å². The third-order valence-corrected chi connectivity index (χ3v) is 5.00. The van der Waals surface area contributed by atoms with Gasteiger partial charge in [-0.05, 0) is 0 Å². The average Bonchev–Trinajstić information content (AvgIpc) is 1.65. The summed E-state index contributed by atoms with van der Waals surface area (Å²) < 4.78 is 57.5. The fourth-order valence-corrected chi connectivity index (χ4v) is 1.22. The van der Waals surface area contributed by atoms with E-state index in [1.807, 2.05) is 0 Å². The largest absolute Gasteiger partial charge is 0.759 e. The maximum absolute atomic E-state index is 9.80. The molecule has 0 aromatic heterocycles. The highest BCUT2D eigenvalue weighted by atomic mass is 33.6. The number of hydrogen-bond donors (Lipinski definition) is 0. The molecule has 2 atom stereocenters. The van der Waals surface area contributed by atoms with Gasteiger partial charge in [0, 0.05) is 0 Å². The fraction of sp³-hybridized carbons (Fsp3) is 0. The second-order valence-corrected chi connectivity index (χ2v) is 7.35. The van der Waals surface area contributed by atoms with E-state index in [0.29, 0.717) is 0 Å². The molecular formula is O6S3-2. The van der Waals surface area contributed by atoms with Crippen molar-refractivity contribution in [3.05, 3.63) is 0 Å². The van der Waals surface area contributed by atoms with Crippen LogP contribution in [0.15, 0.2) is 0 Å². The zero-order valence-electron chi connectivity index (χ0n) is 3.67. The molecule has 0 bridgehead atoms. The Hall–Kier alpha value is 0.170. The summed E-state index contributed by atoms with van der Waals surface area (Å²) in [5.41, 5.74) is 0. The molecule has 0 saturated carbocycles. The third kappa shape index (κ3) is 2.10. The molecule has 0 saturated heterocycles. The lowest BCUT2D eigenvalue weighted by Gasteiger charge is -2.07. The Bertz CT molecular complexity index is 211. The van der Waals surface area contributed by atoms with Gasteiger partial charge in [0.05, 0.1) is 20.2 Å². The van der Waals surface area contributed by atoms with Crippen LogP contribution in [0, 0.1) is 0 Å². The minimum absolute atomic E-state index is 3.60. The van der Waals surface area contributed by atoms with E-state index in [-0.39, 0.29) is 0 Å². The summed E-state index contributed by atoms with van der Waals surface area (Å²) >= 11 is 0. The molecule has 6 nitrogen and oxygen atoms in total. The first kappa shape index (κ1) is 9.17. The molecule has 0 spiro atoms. The van der Waals surface area contributed by atoms with Crippen LogP contribution in [0.2, 0.25) is 0 Å². The molecule has 0 aliphatic heterocycles. The molecule has 0 aromatic carbocycles. The van der Waals surface area contributed by atoms with Gasteiger partial charge in [-0.15, -0.1) is 0 Å². The van der Waals surface area contributed by atoms with Crippen LogP contribution < -0.4 is 0 Å². The number of hydrogen-bond acceptors (Lipinski definition) is 6. The van der Waals surface area contributed by atoms with E-state index in [2.05, 4.69) is 0 Å². The van der Waals surface area contributed by atoms with E-state index >= 15 is 0 Å². The summed E-state index contributed by atoms with van der Waals surface area (Å²) in [4.78, 5) is 0. The van der Waals surface area contributed by atoms with Crippen molar-refractivity contribution >= 4 is 28.1 Å². The Morgan fingerprint density at radius 1 is 1.00 bits per heavy atom. The summed E-state index contributed by atoms with van der Waals surface area (Å²) in [6.07, 6.45) is 0. The van der Waals surface area contributed by atoms with Crippen LogP contribution in [0.1, 0.15) is 0 Å². The maximum Gasteiger partial charge on any atom is 0.284 e. The predicted molar refractivity (Wildman–Crippen MR) is 26.8 cm³/mol. The molecule has 9 heavy (non-hydrogen) atoms. The van der Waals surface area contributed by atoms with Crippen LogP contribution >= 0.6 is 0 Å². The van der Waals surface area contributed by atoms with Crippen LogP contribution in [0.25, 0.3) is 0 Å². The molecule has 0 amide bonds. The smallest absolute Gasteiger partial charge is 0.284 e. The topological polar surface area (TPSA) is 114 Å². The lowest BCUT2D eigenvalue weighted by Crippen LogP contribution is -2.12. The van der Waals surface area contributed by atoms with Gasteiger partial charge in [0.25, 0.3) is 7.90 Å². The van der Waals surface area contributed by atoms with Crippen LogP contribution in [0.3, 0.4) is 0 Å². The average molecular weight is 192 g/mol. The van der Waals surface area contributed by atoms with Gasteiger partial charge >= 0.3 is 0 Å². The van der Waals surface area contributed by atoms with Crippen molar-refractivity contribution in [2.24, 2.45) is 0 Å². The molecule has 56 valence electrons. The fourth-order valence-electron chi connectivity index (χ4n) is 0.0454. The Kier molecular flexibility index (Phi) is 2.89. The Morgan fingerprint density at radius 3 is 1.22 bits per heavy atom. The molecule has 0 radical (unpaired) electrons. The minimum atomic E-state index is -4.98. The van der Waals surface area contributed by atoms with Gasteiger partial charge in [-0.1, -0.05) is 0 Å². The summed E-state index contributed by atoms with van der Waals surface area (Å²) in [5, 5.41) is 0. The van der Waals surface area contributed by atoms with Gasteiger partial charge < -0.3 is 9.11 Å². The Balaban J connectivity index is 4.87. The van der Waals surface area contributed by atoms with E-state index in [1.54, 1.807) is 0 Å². The summed E-state index contributed by atoms with van der Waals surface area (Å²) in [5.74, 6) is 0. The standard InChI is InChI=1S/H2O6S3/c1-7(2)9(5,6)8(3)4/h(H,1,2)(H,3,4)/p-2. The van der Waals surface area contributed by atoms with Crippen molar-refractivity contribution < 1.29 is 25.9 Å². The molecule has 0 aliphatic carbocycles. The quantitative estimate of drug-likeness (QED) is 0.369.